The third kappa shape index (κ3) is 5.64. The van der Waals surface area contributed by atoms with Crippen molar-refractivity contribution in [2.24, 2.45) is 0 Å². The van der Waals surface area contributed by atoms with E-state index in [1.54, 1.807) is 0 Å². The van der Waals surface area contributed by atoms with E-state index in [1.807, 2.05) is 25.1 Å². The summed E-state index contributed by atoms with van der Waals surface area (Å²) < 4.78 is 5.85. The van der Waals surface area contributed by atoms with Crippen LogP contribution in [0.15, 0.2) is 18.2 Å². The molecule has 0 saturated heterocycles. The number of benzene rings is 1. The Labute approximate surface area is 122 Å². The molecule has 0 heterocycles. The molecule has 0 atom stereocenters. The minimum atomic E-state index is 0.0942. The van der Waals surface area contributed by atoms with Gasteiger partial charge in [-0.25, -0.2) is 0 Å². The fraction of sp³-hybridized carbons (Fsp3) is 0.529. The number of hydrogen-bond donors (Lipinski definition) is 1. The van der Waals surface area contributed by atoms with Crippen LogP contribution in [0.4, 0.5) is 0 Å². The number of nitrogens with zero attached hydrogens (tertiary/aromatic N) is 1. The van der Waals surface area contributed by atoms with Crippen molar-refractivity contribution in [3.63, 3.8) is 0 Å². The molecule has 3 nitrogen and oxygen atoms in total. The largest absolute Gasteiger partial charge is 0.491 e. The summed E-state index contributed by atoms with van der Waals surface area (Å²) >= 11 is 0. The molecule has 3 heteroatoms. The number of rotatable bonds is 7. The molecule has 0 aliphatic rings. The van der Waals surface area contributed by atoms with Crippen LogP contribution in [0.3, 0.4) is 0 Å². The Kier molecular flexibility index (Phi) is 7.79. The lowest BCUT2D eigenvalue weighted by molar-refractivity contribution is 0.222. The van der Waals surface area contributed by atoms with E-state index in [0.29, 0.717) is 13.0 Å². The number of hydrogen-bond acceptors (Lipinski definition) is 3. The van der Waals surface area contributed by atoms with Crippen molar-refractivity contribution in [2.45, 2.75) is 27.2 Å². The van der Waals surface area contributed by atoms with E-state index < -0.39 is 0 Å². The van der Waals surface area contributed by atoms with Crippen LogP contribution in [0.5, 0.6) is 5.75 Å². The Morgan fingerprint density at radius 3 is 2.65 bits per heavy atom. The maximum Gasteiger partial charge on any atom is 0.134 e. The number of aryl methyl sites for hydroxylation is 1. The van der Waals surface area contributed by atoms with Crippen molar-refractivity contribution in [3.05, 3.63) is 29.3 Å². The Morgan fingerprint density at radius 1 is 1.25 bits per heavy atom. The van der Waals surface area contributed by atoms with E-state index in [1.165, 1.54) is 0 Å². The summed E-state index contributed by atoms with van der Waals surface area (Å²) in [5.74, 6) is 6.85. The quantitative estimate of drug-likeness (QED) is 0.776. The fourth-order valence-electron chi connectivity index (χ4n) is 1.91. The van der Waals surface area contributed by atoms with Crippen LogP contribution in [0.1, 0.15) is 31.4 Å². The molecule has 1 N–H and O–H groups in total. The Balaban J connectivity index is 2.67. The highest BCUT2D eigenvalue weighted by atomic mass is 16.5. The second-order valence-electron chi connectivity index (χ2n) is 4.65. The van der Waals surface area contributed by atoms with Gasteiger partial charge >= 0.3 is 0 Å². The zero-order chi connectivity index (χ0) is 14.8. The Bertz CT molecular complexity index is 456. The van der Waals surface area contributed by atoms with E-state index in [9.17, 15) is 0 Å². The van der Waals surface area contributed by atoms with Gasteiger partial charge in [0.1, 0.15) is 12.4 Å². The first-order valence-corrected chi connectivity index (χ1v) is 7.26. The maximum absolute atomic E-state index is 8.79. The Hall–Kier alpha value is -1.50. The number of ether oxygens (including phenoxy) is 1. The predicted octanol–water partition coefficient (Wildman–Crippen LogP) is 2.45. The van der Waals surface area contributed by atoms with Crippen LogP contribution in [-0.4, -0.2) is 42.9 Å². The first-order valence-electron chi connectivity index (χ1n) is 7.26. The van der Waals surface area contributed by atoms with Crippen molar-refractivity contribution in [2.75, 3.05) is 32.8 Å². The molecule has 1 aromatic rings. The van der Waals surface area contributed by atoms with Gasteiger partial charge in [0.15, 0.2) is 0 Å². The molecule has 0 aliphatic heterocycles. The zero-order valence-corrected chi connectivity index (χ0v) is 12.8. The van der Waals surface area contributed by atoms with Crippen LogP contribution in [0.25, 0.3) is 0 Å². The zero-order valence-electron chi connectivity index (χ0n) is 12.8. The second-order valence-corrected chi connectivity index (χ2v) is 4.65. The van der Waals surface area contributed by atoms with E-state index in [-0.39, 0.29) is 6.61 Å². The van der Waals surface area contributed by atoms with Crippen LogP contribution < -0.4 is 4.74 Å². The molecule has 0 bridgehead atoms. The fourth-order valence-corrected chi connectivity index (χ4v) is 1.91. The summed E-state index contributed by atoms with van der Waals surface area (Å²) in [6.07, 6.45) is 0.493. The number of aliphatic hydroxyl groups is 1. The van der Waals surface area contributed by atoms with Gasteiger partial charge in [0, 0.05) is 13.0 Å². The number of likely N-dealkylation sites (N-methyl/N-ethyl adjacent to an activating group) is 1. The summed E-state index contributed by atoms with van der Waals surface area (Å²) in [5.41, 5.74) is 2.06. The molecule has 1 aromatic carbocycles. The van der Waals surface area contributed by atoms with Gasteiger partial charge in [-0.2, -0.15) is 0 Å². The highest BCUT2D eigenvalue weighted by molar-refractivity contribution is 5.48. The van der Waals surface area contributed by atoms with E-state index in [0.717, 1.165) is 36.5 Å². The highest BCUT2D eigenvalue weighted by Gasteiger charge is 2.03. The molecule has 0 spiro atoms. The van der Waals surface area contributed by atoms with Crippen LogP contribution in [0, 0.1) is 18.8 Å². The standard InChI is InChI=1S/C17H25NO2/c1-4-18(5-2)11-13-20-17-10-9-15(3)14-16(17)8-6-7-12-19/h9-10,14,19H,4-5,7,11-13H2,1-3H3. The van der Waals surface area contributed by atoms with Crippen molar-refractivity contribution >= 4 is 0 Å². The molecule has 20 heavy (non-hydrogen) atoms. The minimum Gasteiger partial charge on any atom is -0.491 e. The first-order chi connectivity index (χ1) is 9.71. The van der Waals surface area contributed by atoms with Gasteiger partial charge in [0.2, 0.25) is 0 Å². The van der Waals surface area contributed by atoms with Crippen LogP contribution in [-0.2, 0) is 0 Å². The lowest BCUT2D eigenvalue weighted by Gasteiger charge is -2.18. The lowest BCUT2D eigenvalue weighted by Crippen LogP contribution is -2.28. The average molecular weight is 275 g/mol. The molecule has 0 fully saturated rings. The van der Waals surface area contributed by atoms with Crippen LogP contribution >= 0.6 is 0 Å². The van der Waals surface area contributed by atoms with Crippen molar-refractivity contribution in [1.29, 1.82) is 0 Å². The molecule has 0 aliphatic carbocycles. The topological polar surface area (TPSA) is 32.7 Å². The van der Waals surface area contributed by atoms with Gasteiger partial charge in [-0.3, -0.25) is 0 Å². The lowest BCUT2D eigenvalue weighted by atomic mass is 10.1. The predicted molar refractivity (Wildman–Crippen MR) is 83.0 cm³/mol. The average Bonchev–Trinajstić information content (AvgIpc) is 2.46. The summed E-state index contributed by atoms with van der Waals surface area (Å²) in [4.78, 5) is 2.32. The maximum atomic E-state index is 8.79. The molecule has 0 radical (unpaired) electrons. The molecule has 110 valence electrons. The SMILES string of the molecule is CCN(CC)CCOc1ccc(C)cc1C#CCCO. The van der Waals surface area contributed by atoms with E-state index >= 15 is 0 Å². The van der Waals surface area contributed by atoms with Gasteiger partial charge in [0.05, 0.1) is 12.2 Å². The van der Waals surface area contributed by atoms with Crippen molar-refractivity contribution in [1.82, 2.24) is 4.90 Å². The smallest absolute Gasteiger partial charge is 0.134 e. The highest BCUT2D eigenvalue weighted by Crippen LogP contribution is 2.19. The molecule has 0 unspecified atom stereocenters. The van der Waals surface area contributed by atoms with Gasteiger partial charge in [-0.15, -0.1) is 0 Å². The minimum absolute atomic E-state index is 0.0942. The number of aliphatic hydroxyl groups excluding tert-OH is 1. The third-order valence-electron chi connectivity index (χ3n) is 3.15. The normalized spacial score (nSPS) is 10.2. The molecule has 0 aromatic heterocycles. The third-order valence-corrected chi connectivity index (χ3v) is 3.15. The Morgan fingerprint density at radius 2 is 2.00 bits per heavy atom. The second kappa shape index (κ2) is 9.41. The van der Waals surface area contributed by atoms with Crippen molar-refractivity contribution < 1.29 is 9.84 Å². The molecular weight excluding hydrogens is 250 g/mol. The first kappa shape index (κ1) is 16.6. The molecule has 0 amide bonds. The summed E-state index contributed by atoms with van der Waals surface area (Å²) in [6.45, 7) is 10.1. The van der Waals surface area contributed by atoms with Gasteiger partial charge < -0.3 is 14.7 Å². The van der Waals surface area contributed by atoms with Crippen LogP contribution in [0.2, 0.25) is 0 Å². The monoisotopic (exact) mass is 275 g/mol. The van der Waals surface area contributed by atoms with Crippen molar-refractivity contribution in [3.8, 4) is 17.6 Å². The van der Waals surface area contributed by atoms with Gasteiger partial charge in [-0.05, 0) is 37.7 Å². The molecule has 1 rings (SSSR count). The molecular formula is C17H25NO2. The summed E-state index contributed by atoms with van der Waals surface area (Å²) in [7, 11) is 0. The summed E-state index contributed by atoms with van der Waals surface area (Å²) in [6, 6.07) is 6.03. The van der Waals surface area contributed by atoms with Gasteiger partial charge in [0.25, 0.3) is 0 Å². The van der Waals surface area contributed by atoms with E-state index in [2.05, 4.69) is 30.6 Å². The molecule has 0 saturated carbocycles. The van der Waals surface area contributed by atoms with Gasteiger partial charge in [-0.1, -0.05) is 31.8 Å². The summed E-state index contributed by atoms with van der Waals surface area (Å²) in [5, 5.41) is 8.79. The van der Waals surface area contributed by atoms with E-state index in [4.69, 9.17) is 9.84 Å².